The molecule has 0 saturated carbocycles. The lowest BCUT2D eigenvalue weighted by Gasteiger charge is -1.96. The summed E-state index contributed by atoms with van der Waals surface area (Å²) in [6.45, 7) is 1.87. The number of aryl methyl sites for hydroxylation is 1. The van der Waals surface area contributed by atoms with Crippen molar-refractivity contribution in [2.75, 3.05) is 0 Å². The Labute approximate surface area is 95.7 Å². The lowest BCUT2D eigenvalue weighted by molar-refractivity contribution is 0.0663. The first-order valence-electron chi connectivity index (χ1n) is 5.19. The number of fused-ring (bicyclic) bond motifs is 1. The predicted molar refractivity (Wildman–Crippen MR) is 57.1 cm³/mol. The minimum atomic E-state index is -1.27. The molecule has 0 bridgehead atoms. The Bertz CT molecular complexity index is 587. The van der Waals surface area contributed by atoms with Crippen LogP contribution in [-0.4, -0.2) is 11.1 Å². The van der Waals surface area contributed by atoms with Crippen molar-refractivity contribution in [3.63, 3.8) is 0 Å². The molecule has 1 N–H and O–H groups in total. The van der Waals surface area contributed by atoms with E-state index in [1.807, 2.05) is 6.92 Å². The van der Waals surface area contributed by atoms with Crippen LogP contribution >= 0.6 is 0 Å². The lowest BCUT2D eigenvalue weighted by atomic mass is 10.1. The third-order valence-electron chi connectivity index (χ3n) is 2.55. The molecule has 0 atom stereocenters. The van der Waals surface area contributed by atoms with Crippen LogP contribution < -0.4 is 0 Å². The van der Waals surface area contributed by atoms with Crippen LogP contribution in [0.3, 0.4) is 0 Å². The number of halogens is 2. The van der Waals surface area contributed by atoms with Crippen LogP contribution in [0.4, 0.5) is 8.78 Å². The van der Waals surface area contributed by atoms with Crippen molar-refractivity contribution in [2.45, 2.75) is 19.8 Å². The van der Waals surface area contributed by atoms with Gasteiger partial charge in [0.2, 0.25) is 11.6 Å². The standard InChI is InChI=1S/C12H10F2O3/c1-2-3-6-7-4-5-8(13)9(14)10(7)17-11(6)12(15)16/h4-5H,2-3H2,1H3,(H,15,16). The van der Waals surface area contributed by atoms with Crippen LogP contribution in [0.25, 0.3) is 11.0 Å². The molecule has 0 fully saturated rings. The van der Waals surface area contributed by atoms with Crippen molar-refractivity contribution in [3.8, 4) is 0 Å². The molecule has 0 radical (unpaired) electrons. The SMILES string of the molecule is CCCc1c(C(=O)O)oc2c(F)c(F)ccc12. The van der Waals surface area contributed by atoms with Crippen molar-refractivity contribution >= 4 is 16.9 Å². The van der Waals surface area contributed by atoms with Crippen molar-refractivity contribution in [3.05, 3.63) is 35.1 Å². The van der Waals surface area contributed by atoms with Crippen LogP contribution in [0.1, 0.15) is 29.5 Å². The zero-order chi connectivity index (χ0) is 12.6. The Balaban J connectivity index is 2.79. The maximum absolute atomic E-state index is 13.4. The Morgan fingerprint density at radius 3 is 2.71 bits per heavy atom. The summed E-state index contributed by atoms with van der Waals surface area (Å²) in [5.41, 5.74) is 0.0831. The van der Waals surface area contributed by atoms with Gasteiger partial charge in [-0.05, 0) is 18.6 Å². The number of carboxylic acid groups (broad SMARTS) is 1. The topological polar surface area (TPSA) is 50.4 Å². The molecule has 0 aliphatic carbocycles. The van der Waals surface area contributed by atoms with Gasteiger partial charge in [-0.3, -0.25) is 0 Å². The maximum Gasteiger partial charge on any atom is 0.372 e. The Hall–Kier alpha value is -1.91. The fraction of sp³-hybridized carbons (Fsp3) is 0.250. The van der Waals surface area contributed by atoms with Crippen LogP contribution in [-0.2, 0) is 6.42 Å². The molecule has 17 heavy (non-hydrogen) atoms. The number of furan rings is 1. The second kappa shape index (κ2) is 4.16. The van der Waals surface area contributed by atoms with E-state index in [0.29, 0.717) is 23.8 Å². The van der Waals surface area contributed by atoms with Crippen molar-refractivity contribution in [1.29, 1.82) is 0 Å². The smallest absolute Gasteiger partial charge is 0.372 e. The molecule has 2 aromatic rings. The highest BCUT2D eigenvalue weighted by Crippen LogP contribution is 2.30. The summed E-state index contributed by atoms with van der Waals surface area (Å²) in [5, 5.41) is 9.27. The molecule has 3 nitrogen and oxygen atoms in total. The first-order chi connectivity index (χ1) is 8.06. The monoisotopic (exact) mass is 240 g/mol. The number of hydrogen-bond acceptors (Lipinski definition) is 2. The molecular weight excluding hydrogens is 230 g/mol. The number of hydrogen-bond donors (Lipinski definition) is 1. The summed E-state index contributed by atoms with van der Waals surface area (Å²) in [7, 11) is 0. The Kier molecular flexibility index (Phi) is 2.83. The highest BCUT2D eigenvalue weighted by molar-refractivity contribution is 5.95. The molecule has 1 heterocycles. The van der Waals surface area contributed by atoms with Gasteiger partial charge in [0, 0.05) is 10.9 Å². The van der Waals surface area contributed by atoms with E-state index in [9.17, 15) is 13.6 Å². The van der Waals surface area contributed by atoms with Crippen molar-refractivity contribution in [2.24, 2.45) is 0 Å². The number of carboxylic acids is 1. The highest BCUT2D eigenvalue weighted by atomic mass is 19.2. The molecule has 0 spiro atoms. The zero-order valence-electron chi connectivity index (χ0n) is 9.09. The number of carbonyl (C=O) groups is 1. The molecule has 1 aromatic heterocycles. The summed E-state index contributed by atoms with van der Waals surface area (Å²) in [6, 6.07) is 2.31. The third-order valence-corrected chi connectivity index (χ3v) is 2.55. The van der Waals surface area contributed by atoms with Crippen LogP contribution in [0.2, 0.25) is 0 Å². The Morgan fingerprint density at radius 1 is 1.41 bits per heavy atom. The van der Waals surface area contributed by atoms with Gasteiger partial charge in [-0.2, -0.15) is 4.39 Å². The van der Waals surface area contributed by atoms with E-state index < -0.39 is 17.6 Å². The van der Waals surface area contributed by atoms with Crippen LogP contribution in [0.15, 0.2) is 16.5 Å². The van der Waals surface area contributed by atoms with E-state index in [4.69, 9.17) is 9.52 Å². The van der Waals surface area contributed by atoms with Gasteiger partial charge in [-0.1, -0.05) is 13.3 Å². The second-order valence-electron chi connectivity index (χ2n) is 3.70. The second-order valence-corrected chi connectivity index (χ2v) is 3.70. The van der Waals surface area contributed by atoms with E-state index >= 15 is 0 Å². The minimum absolute atomic E-state index is 0.314. The normalized spacial score (nSPS) is 11.0. The van der Waals surface area contributed by atoms with Gasteiger partial charge < -0.3 is 9.52 Å². The molecule has 2 rings (SSSR count). The summed E-state index contributed by atoms with van der Waals surface area (Å²) in [4.78, 5) is 11.0. The first-order valence-corrected chi connectivity index (χ1v) is 5.19. The van der Waals surface area contributed by atoms with E-state index in [2.05, 4.69) is 0 Å². The zero-order valence-corrected chi connectivity index (χ0v) is 9.09. The molecule has 1 aromatic carbocycles. The van der Waals surface area contributed by atoms with Gasteiger partial charge in [0.15, 0.2) is 11.4 Å². The quantitative estimate of drug-likeness (QED) is 0.894. The fourth-order valence-corrected chi connectivity index (χ4v) is 1.83. The van der Waals surface area contributed by atoms with Crippen molar-refractivity contribution < 1.29 is 23.1 Å². The van der Waals surface area contributed by atoms with Crippen LogP contribution in [0.5, 0.6) is 0 Å². The molecule has 90 valence electrons. The highest BCUT2D eigenvalue weighted by Gasteiger charge is 2.22. The van der Waals surface area contributed by atoms with E-state index in [0.717, 1.165) is 6.07 Å². The van der Waals surface area contributed by atoms with E-state index in [1.54, 1.807) is 0 Å². The maximum atomic E-state index is 13.4. The minimum Gasteiger partial charge on any atom is -0.475 e. The average molecular weight is 240 g/mol. The summed E-state index contributed by atoms with van der Waals surface area (Å²) < 4.78 is 31.3. The number of aromatic carboxylic acids is 1. The van der Waals surface area contributed by atoms with E-state index in [-0.39, 0.29) is 11.3 Å². The largest absolute Gasteiger partial charge is 0.475 e. The summed E-state index contributed by atoms with van der Waals surface area (Å²) in [6.07, 6.45) is 1.13. The molecule has 0 aliphatic heterocycles. The molecule has 0 aliphatic rings. The van der Waals surface area contributed by atoms with Gasteiger partial charge in [0.1, 0.15) is 0 Å². The molecule has 0 saturated heterocycles. The summed E-state index contributed by atoms with van der Waals surface area (Å²) >= 11 is 0. The van der Waals surface area contributed by atoms with Crippen LogP contribution in [0, 0.1) is 11.6 Å². The number of benzene rings is 1. The van der Waals surface area contributed by atoms with Gasteiger partial charge in [0.25, 0.3) is 0 Å². The van der Waals surface area contributed by atoms with Gasteiger partial charge >= 0.3 is 5.97 Å². The van der Waals surface area contributed by atoms with Gasteiger partial charge in [-0.15, -0.1) is 0 Å². The molecule has 5 heteroatoms. The average Bonchev–Trinajstić information content (AvgIpc) is 2.64. The predicted octanol–water partition coefficient (Wildman–Crippen LogP) is 3.36. The number of rotatable bonds is 3. The third kappa shape index (κ3) is 1.77. The lowest BCUT2D eigenvalue weighted by Crippen LogP contribution is -1.98. The van der Waals surface area contributed by atoms with E-state index in [1.165, 1.54) is 6.07 Å². The Morgan fingerprint density at radius 2 is 2.12 bits per heavy atom. The summed E-state index contributed by atoms with van der Waals surface area (Å²) in [5.74, 6) is -3.78. The van der Waals surface area contributed by atoms with Gasteiger partial charge in [-0.25, -0.2) is 9.18 Å². The molecule has 0 unspecified atom stereocenters. The first kappa shape index (κ1) is 11.6. The molecular formula is C12H10F2O3. The molecule has 0 amide bonds. The fourth-order valence-electron chi connectivity index (χ4n) is 1.83. The van der Waals surface area contributed by atoms with Gasteiger partial charge in [0.05, 0.1) is 0 Å². The van der Waals surface area contributed by atoms with Crippen molar-refractivity contribution in [1.82, 2.24) is 0 Å².